The average Bonchev–Trinajstić information content (AvgIpc) is 2.84. The van der Waals surface area contributed by atoms with Gasteiger partial charge in [-0.05, 0) is 30.3 Å². The van der Waals surface area contributed by atoms with Crippen LogP contribution in [0.2, 0.25) is 0 Å². The molecular weight excluding hydrogens is 524 g/mol. The number of hydrogen-bond donors (Lipinski definition) is 4. The molecule has 0 fully saturated rings. The fourth-order valence-corrected chi connectivity index (χ4v) is 3.63. The van der Waals surface area contributed by atoms with Crippen LogP contribution in [0.4, 0.5) is 5.82 Å². The SMILES string of the molecule is COc1cccc(OC)c1C(=O)Nc1[nH]c(=O)ncc1CC(NC(=O)c1cccc(Br)c1)C(=O)O. The summed E-state index contributed by atoms with van der Waals surface area (Å²) in [5.74, 6) is -2.23. The van der Waals surface area contributed by atoms with Crippen molar-refractivity contribution in [3.05, 3.63) is 80.3 Å². The number of benzene rings is 2. The maximum Gasteiger partial charge on any atom is 0.346 e. The first kappa shape index (κ1) is 25.4. The third-order valence-electron chi connectivity index (χ3n) is 4.90. The van der Waals surface area contributed by atoms with Gasteiger partial charge < -0.3 is 25.2 Å². The number of halogens is 1. The van der Waals surface area contributed by atoms with Crippen LogP contribution < -0.4 is 25.8 Å². The van der Waals surface area contributed by atoms with Crippen LogP contribution in [0.3, 0.4) is 0 Å². The van der Waals surface area contributed by atoms with E-state index in [-0.39, 0.29) is 40.4 Å². The Kier molecular flexibility index (Phi) is 8.21. The molecule has 0 saturated heterocycles. The third-order valence-corrected chi connectivity index (χ3v) is 5.39. The van der Waals surface area contributed by atoms with Crippen LogP contribution in [0.1, 0.15) is 26.3 Å². The van der Waals surface area contributed by atoms with Gasteiger partial charge in [0.15, 0.2) is 0 Å². The first-order valence-corrected chi connectivity index (χ1v) is 10.9. The second-order valence-corrected chi connectivity index (χ2v) is 8.07. The van der Waals surface area contributed by atoms with Crippen LogP contribution in [0.25, 0.3) is 0 Å². The number of carboxylic acids is 1. The van der Waals surface area contributed by atoms with Crippen molar-refractivity contribution in [2.75, 3.05) is 19.5 Å². The molecule has 0 radical (unpaired) electrons. The summed E-state index contributed by atoms with van der Waals surface area (Å²) in [6.07, 6.45) is 0.854. The number of anilines is 1. The Morgan fingerprint density at radius 1 is 1.09 bits per heavy atom. The summed E-state index contributed by atoms with van der Waals surface area (Å²) < 4.78 is 11.1. The van der Waals surface area contributed by atoms with Crippen molar-refractivity contribution in [2.24, 2.45) is 0 Å². The Hall–Kier alpha value is -4.19. The van der Waals surface area contributed by atoms with Crippen molar-refractivity contribution < 1.29 is 29.0 Å². The molecule has 2 aromatic carbocycles. The Bertz CT molecular complexity index is 1300. The van der Waals surface area contributed by atoms with Gasteiger partial charge in [0, 0.05) is 28.2 Å². The normalized spacial score (nSPS) is 11.3. The van der Waals surface area contributed by atoms with Crippen molar-refractivity contribution in [3.8, 4) is 11.5 Å². The van der Waals surface area contributed by atoms with Crippen LogP contribution in [-0.4, -0.2) is 53.1 Å². The van der Waals surface area contributed by atoms with Gasteiger partial charge in [-0.2, -0.15) is 0 Å². The van der Waals surface area contributed by atoms with Crippen LogP contribution in [0.5, 0.6) is 11.5 Å². The molecule has 3 rings (SSSR count). The number of hydrogen-bond acceptors (Lipinski definition) is 7. The maximum absolute atomic E-state index is 13.0. The van der Waals surface area contributed by atoms with Crippen molar-refractivity contribution in [2.45, 2.75) is 12.5 Å². The molecule has 12 heteroatoms. The quantitative estimate of drug-likeness (QED) is 0.319. The lowest BCUT2D eigenvalue weighted by Gasteiger charge is -2.17. The van der Waals surface area contributed by atoms with Crippen LogP contribution in [0, 0.1) is 0 Å². The van der Waals surface area contributed by atoms with E-state index in [1.165, 1.54) is 20.3 Å². The Labute approximate surface area is 207 Å². The molecule has 35 heavy (non-hydrogen) atoms. The highest BCUT2D eigenvalue weighted by Crippen LogP contribution is 2.29. The van der Waals surface area contributed by atoms with Crippen LogP contribution >= 0.6 is 15.9 Å². The number of aliphatic carboxylic acids is 1. The second-order valence-electron chi connectivity index (χ2n) is 7.16. The molecule has 1 heterocycles. The highest BCUT2D eigenvalue weighted by atomic mass is 79.9. The molecule has 2 amide bonds. The molecule has 4 N–H and O–H groups in total. The van der Waals surface area contributed by atoms with Crippen LogP contribution in [-0.2, 0) is 11.2 Å². The molecule has 0 aliphatic heterocycles. The summed E-state index contributed by atoms with van der Waals surface area (Å²) in [4.78, 5) is 55.4. The number of carboxylic acid groups (broad SMARTS) is 1. The number of nitrogens with zero attached hydrogens (tertiary/aromatic N) is 1. The van der Waals surface area contributed by atoms with Crippen LogP contribution in [0.15, 0.2) is 57.9 Å². The molecule has 0 aliphatic carbocycles. The molecule has 0 bridgehead atoms. The zero-order valence-electron chi connectivity index (χ0n) is 18.6. The Morgan fingerprint density at radius 3 is 2.34 bits per heavy atom. The third kappa shape index (κ3) is 6.23. The van der Waals surface area contributed by atoms with Gasteiger partial charge in [-0.15, -0.1) is 0 Å². The first-order chi connectivity index (χ1) is 16.7. The van der Waals surface area contributed by atoms with E-state index < -0.39 is 29.5 Å². The fourth-order valence-electron chi connectivity index (χ4n) is 3.23. The van der Waals surface area contributed by atoms with E-state index in [0.29, 0.717) is 4.47 Å². The van der Waals surface area contributed by atoms with Gasteiger partial charge in [0.25, 0.3) is 11.8 Å². The van der Waals surface area contributed by atoms with E-state index >= 15 is 0 Å². The monoisotopic (exact) mass is 544 g/mol. The topological polar surface area (TPSA) is 160 Å². The van der Waals surface area contributed by atoms with Crippen molar-refractivity contribution in [3.63, 3.8) is 0 Å². The number of carbonyl (C=O) groups is 3. The van der Waals surface area contributed by atoms with Gasteiger partial charge in [-0.3, -0.25) is 14.6 Å². The van der Waals surface area contributed by atoms with Crippen molar-refractivity contribution in [1.29, 1.82) is 0 Å². The highest BCUT2D eigenvalue weighted by Gasteiger charge is 2.25. The molecule has 1 aromatic heterocycles. The number of nitrogens with one attached hydrogen (secondary N) is 3. The van der Waals surface area contributed by atoms with Gasteiger partial charge >= 0.3 is 11.7 Å². The zero-order chi connectivity index (χ0) is 25.5. The van der Waals surface area contributed by atoms with E-state index in [9.17, 15) is 24.3 Å². The summed E-state index contributed by atoms with van der Waals surface area (Å²) in [7, 11) is 2.77. The van der Waals surface area contributed by atoms with Crippen molar-refractivity contribution >= 4 is 39.5 Å². The maximum atomic E-state index is 13.0. The van der Waals surface area contributed by atoms with E-state index in [0.717, 1.165) is 6.20 Å². The molecule has 0 saturated carbocycles. The highest BCUT2D eigenvalue weighted by molar-refractivity contribution is 9.10. The van der Waals surface area contributed by atoms with Crippen molar-refractivity contribution in [1.82, 2.24) is 15.3 Å². The molecular formula is C23H21BrN4O7. The number of ether oxygens (including phenoxy) is 2. The summed E-state index contributed by atoms with van der Waals surface area (Å²) in [5, 5.41) is 14.7. The van der Waals surface area contributed by atoms with Gasteiger partial charge in [-0.25, -0.2) is 14.6 Å². The molecule has 1 unspecified atom stereocenters. The van der Waals surface area contributed by atoms with E-state index in [2.05, 4.69) is 36.5 Å². The Morgan fingerprint density at radius 2 is 1.74 bits per heavy atom. The average molecular weight is 545 g/mol. The standard InChI is InChI=1S/C23H21BrN4O7/c1-34-16-7-4-8-17(35-2)18(16)21(30)27-19-13(11-25-23(33)28-19)10-15(22(31)32)26-20(29)12-5-3-6-14(24)9-12/h3-9,11,15H,10H2,1-2H3,(H,26,29)(H,31,32)(H2,25,27,28,30,33). The first-order valence-electron chi connectivity index (χ1n) is 10.1. The number of methoxy groups -OCH3 is 2. The lowest BCUT2D eigenvalue weighted by atomic mass is 10.1. The van der Waals surface area contributed by atoms with E-state index in [4.69, 9.17) is 9.47 Å². The minimum Gasteiger partial charge on any atom is -0.496 e. The number of aromatic nitrogens is 2. The lowest BCUT2D eigenvalue weighted by Crippen LogP contribution is -2.42. The number of rotatable bonds is 9. The second kappa shape index (κ2) is 11.3. The Balaban J connectivity index is 1.89. The van der Waals surface area contributed by atoms with Gasteiger partial charge in [0.2, 0.25) is 0 Å². The number of amides is 2. The molecule has 182 valence electrons. The van der Waals surface area contributed by atoms with Gasteiger partial charge in [0.1, 0.15) is 28.9 Å². The molecule has 3 aromatic rings. The summed E-state index contributed by atoms with van der Waals surface area (Å²) in [6.45, 7) is 0. The fraction of sp³-hybridized carbons (Fsp3) is 0.174. The minimum atomic E-state index is -1.38. The number of carbonyl (C=O) groups excluding carboxylic acids is 2. The van der Waals surface area contributed by atoms with Gasteiger partial charge in [0.05, 0.1) is 14.2 Å². The molecule has 11 nitrogen and oxygen atoms in total. The van der Waals surface area contributed by atoms with E-state index in [1.54, 1.807) is 36.4 Å². The van der Waals surface area contributed by atoms with Gasteiger partial charge in [-0.1, -0.05) is 28.1 Å². The summed E-state index contributed by atoms with van der Waals surface area (Å²) >= 11 is 3.26. The minimum absolute atomic E-state index is 0.0684. The smallest absolute Gasteiger partial charge is 0.346 e. The molecule has 0 aliphatic rings. The largest absolute Gasteiger partial charge is 0.496 e. The zero-order valence-corrected chi connectivity index (χ0v) is 20.2. The number of aromatic amines is 1. The number of H-pyrrole nitrogens is 1. The molecule has 1 atom stereocenters. The lowest BCUT2D eigenvalue weighted by molar-refractivity contribution is -0.139. The predicted octanol–water partition coefficient (Wildman–Crippen LogP) is 2.23. The predicted molar refractivity (Wildman–Crippen MR) is 129 cm³/mol. The summed E-state index contributed by atoms with van der Waals surface area (Å²) in [6, 6.07) is 9.82. The summed E-state index contributed by atoms with van der Waals surface area (Å²) in [5.41, 5.74) is -0.268. The van der Waals surface area contributed by atoms with E-state index in [1.807, 2.05) is 0 Å². The molecule has 0 spiro atoms.